The van der Waals surface area contributed by atoms with Gasteiger partial charge in [-0.1, -0.05) is 12.1 Å². The lowest BCUT2D eigenvalue weighted by atomic mass is 10.2. The first-order valence-corrected chi connectivity index (χ1v) is 7.13. The monoisotopic (exact) mass is 344 g/mol. The molecule has 1 rings (SSSR count). The third-order valence-corrected chi connectivity index (χ3v) is 3.53. The number of rotatable bonds is 8. The van der Waals surface area contributed by atoms with Crippen molar-refractivity contribution >= 4 is 27.6 Å². The maximum Gasteiger partial charge on any atom is 0.305 e. The van der Waals surface area contributed by atoms with Crippen LogP contribution in [-0.4, -0.2) is 24.0 Å². The molecule has 0 heterocycles. The number of nitrogens with one attached hydrogen (secondary N) is 1. The minimum absolute atomic E-state index is 0.0517. The number of nitro benzene ring substituents is 1. The number of carbonyl (C=O) groups is 1. The van der Waals surface area contributed by atoms with Crippen LogP contribution in [0, 0.1) is 10.1 Å². The molecule has 0 spiro atoms. The summed E-state index contributed by atoms with van der Waals surface area (Å²) in [6.45, 7) is 3.32. The predicted molar refractivity (Wildman–Crippen MR) is 78.4 cm³/mol. The molecule has 0 bridgehead atoms. The molecular weight excluding hydrogens is 328 g/mol. The Kier molecular flexibility index (Phi) is 7.17. The summed E-state index contributed by atoms with van der Waals surface area (Å²) in [6.07, 6.45) is 1.04. The van der Waals surface area contributed by atoms with Gasteiger partial charge in [-0.05, 0) is 41.4 Å². The lowest BCUT2D eigenvalue weighted by Gasteiger charge is -2.07. The summed E-state index contributed by atoms with van der Waals surface area (Å²) in [6, 6.07) is 4.92. The Morgan fingerprint density at radius 3 is 2.90 bits per heavy atom. The van der Waals surface area contributed by atoms with Crippen molar-refractivity contribution in [3.63, 3.8) is 0 Å². The molecule has 110 valence electrons. The minimum Gasteiger partial charge on any atom is -0.466 e. The number of benzene rings is 1. The van der Waals surface area contributed by atoms with E-state index in [1.165, 1.54) is 6.07 Å². The summed E-state index contributed by atoms with van der Waals surface area (Å²) in [5, 5.41) is 13.9. The highest BCUT2D eigenvalue weighted by atomic mass is 79.9. The SMILES string of the molecule is CCOC(=O)CCCNCc1cccc([N+](=O)[O-])c1Br. The van der Waals surface area contributed by atoms with Crippen molar-refractivity contribution in [3.8, 4) is 0 Å². The summed E-state index contributed by atoms with van der Waals surface area (Å²) in [5.74, 6) is -0.203. The lowest BCUT2D eigenvalue weighted by molar-refractivity contribution is -0.385. The molecule has 6 nitrogen and oxygen atoms in total. The summed E-state index contributed by atoms with van der Waals surface area (Å²) in [7, 11) is 0. The van der Waals surface area contributed by atoms with E-state index in [0.29, 0.717) is 37.0 Å². The maximum atomic E-state index is 11.1. The van der Waals surface area contributed by atoms with E-state index in [4.69, 9.17) is 4.74 Å². The first-order valence-electron chi connectivity index (χ1n) is 6.34. The minimum atomic E-state index is -0.422. The molecule has 0 unspecified atom stereocenters. The van der Waals surface area contributed by atoms with E-state index in [1.54, 1.807) is 13.0 Å². The van der Waals surface area contributed by atoms with Crippen molar-refractivity contribution in [1.82, 2.24) is 5.32 Å². The van der Waals surface area contributed by atoms with E-state index in [9.17, 15) is 14.9 Å². The second-order valence-electron chi connectivity index (χ2n) is 4.09. The van der Waals surface area contributed by atoms with Gasteiger partial charge in [-0.2, -0.15) is 0 Å². The first kappa shape index (κ1) is 16.6. The topological polar surface area (TPSA) is 81.5 Å². The van der Waals surface area contributed by atoms with Crippen molar-refractivity contribution in [2.75, 3.05) is 13.2 Å². The highest BCUT2D eigenvalue weighted by molar-refractivity contribution is 9.10. The second-order valence-corrected chi connectivity index (χ2v) is 4.89. The Balaban J connectivity index is 2.38. The number of hydrogen-bond acceptors (Lipinski definition) is 5. The molecule has 0 aliphatic rings. The molecular formula is C13H17BrN2O4. The van der Waals surface area contributed by atoms with Gasteiger partial charge in [0.15, 0.2) is 0 Å². The molecule has 1 N–H and O–H groups in total. The number of nitro groups is 1. The van der Waals surface area contributed by atoms with Crippen LogP contribution in [0.5, 0.6) is 0 Å². The molecule has 0 aromatic heterocycles. The highest BCUT2D eigenvalue weighted by Gasteiger charge is 2.14. The van der Waals surface area contributed by atoms with Gasteiger partial charge >= 0.3 is 5.97 Å². The third-order valence-electron chi connectivity index (χ3n) is 2.61. The largest absolute Gasteiger partial charge is 0.466 e. The molecule has 0 fully saturated rings. The molecule has 0 aliphatic heterocycles. The van der Waals surface area contributed by atoms with Crippen molar-refractivity contribution in [2.24, 2.45) is 0 Å². The summed E-state index contributed by atoms with van der Waals surface area (Å²) in [4.78, 5) is 21.5. The second kappa shape index (κ2) is 8.65. The lowest BCUT2D eigenvalue weighted by Crippen LogP contribution is -2.17. The molecule has 1 aromatic rings. The van der Waals surface area contributed by atoms with E-state index in [2.05, 4.69) is 21.2 Å². The predicted octanol–water partition coefficient (Wildman–Crippen LogP) is 2.79. The van der Waals surface area contributed by atoms with Crippen LogP contribution < -0.4 is 5.32 Å². The zero-order valence-corrected chi connectivity index (χ0v) is 12.8. The van der Waals surface area contributed by atoms with Gasteiger partial charge in [0.25, 0.3) is 5.69 Å². The van der Waals surface area contributed by atoms with E-state index in [-0.39, 0.29) is 11.7 Å². The molecule has 1 aromatic carbocycles. The van der Waals surface area contributed by atoms with Crippen LogP contribution in [0.4, 0.5) is 5.69 Å². The van der Waals surface area contributed by atoms with E-state index in [1.807, 2.05) is 6.07 Å². The van der Waals surface area contributed by atoms with Gasteiger partial charge in [0.05, 0.1) is 16.0 Å². The van der Waals surface area contributed by atoms with Gasteiger partial charge < -0.3 is 10.1 Å². The van der Waals surface area contributed by atoms with Gasteiger partial charge in [-0.15, -0.1) is 0 Å². The van der Waals surface area contributed by atoms with Crippen molar-refractivity contribution in [3.05, 3.63) is 38.3 Å². The fraction of sp³-hybridized carbons (Fsp3) is 0.462. The van der Waals surface area contributed by atoms with E-state index < -0.39 is 4.92 Å². The average Bonchev–Trinajstić information content (AvgIpc) is 2.40. The van der Waals surface area contributed by atoms with Gasteiger partial charge in [0, 0.05) is 19.0 Å². The number of nitrogens with zero attached hydrogens (tertiary/aromatic N) is 1. The molecule has 7 heteroatoms. The molecule has 0 amide bonds. The highest BCUT2D eigenvalue weighted by Crippen LogP contribution is 2.27. The van der Waals surface area contributed by atoms with Gasteiger partial charge in [0.2, 0.25) is 0 Å². The Bertz CT molecular complexity index is 479. The Morgan fingerprint density at radius 2 is 2.25 bits per heavy atom. The molecule has 0 saturated heterocycles. The smallest absolute Gasteiger partial charge is 0.305 e. The van der Waals surface area contributed by atoms with Gasteiger partial charge in [0.1, 0.15) is 0 Å². The number of hydrogen-bond donors (Lipinski definition) is 1. The zero-order valence-electron chi connectivity index (χ0n) is 11.2. The molecule has 0 aliphatic carbocycles. The van der Waals surface area contributed by atoms with Crippen LogP contribution in [0.2, 0.25) is 0 Å². The molecule has 0 saturated carbocycles. The number of halogens is 1. The third kappa shape index (κ3) is 5.26. The Morgan fingerprint density at radius 1 is 1.50 bits per heavy atom. The fourth-order valence-electron chi connectivity index (χ4n) is 1.66. The van der Waals surface area contributed by atoms with E-state index >= 15 is 0 Å². The van der Waals surface area contributed by atoms with Crippen molar-refractivity contribution in [1.29, 1.82) is 0 Å². The van der Waals surface area contributed by atoms with Crippen LogP contribution in [0.3, 0.4) is 0 Å². The van der Waals surface area contributed by atoms with Crippen LogP contribution in [0.15, 0.2) is 22.7 Å². The fourth-order valence-corrected chi connectivity index (χ4v) is 2.21. The molecule has 20 heavy (non-hydrogen) atoms. The van der Waals surface area contributed by atoms with Crippen molar-refractivity contribution < 1.29 is 14.5 Å². The average molecular weight is 345 g/mol. The normalized spacial score (nSPS) is 10.3. The van der Waals surface area contributed by atoms with Crippen LogP contribution >= 0.6 is 15.9 Å². The molecule has 0 radical (unpaired) electrons. The Labute approximate surface area is 125 Å². The van der Waals surface area contributed by atoms with Gasteiger partial charge in [-0.25, -0.2) is 0 Å². The van der Waals surface area contributed by atoms with Crippen LogP contribution in [0.25, 0.3) is 0 Å². The first-order chi connectivity index (χ1) is 9.56. The number of ether oxygens (including phenoxy) is 1. The standard InChI is InChI=1S/C13H17BrN2O4/c1-2-20-12(17)7-4-8-15-9-10-5-3-6-11(13(10)14)16(18)19/h3,5-6,15H,2,4,7-9H2,1H3. The zero-order chi connectivity index (χ0) is 15.0. The number of carbonyl (C=O) groups excluding carboxylic acids is 1. The maximum absolute atomic E-state index is 11.1. The van der Waals surface area contributed by atoms with Gasteiger partial charge in [-0.3, -0.25) is 14.9 Å². The Hall–Kier alpha value is -1.47. The van der Waals surface area contributed by atoms with E-state index in [0.717, 1.165) is 5.56 Å². The van der Waals surface area contributed by atoms with Crippen molar-refractivity contribution in [2.45, 2.75) is 26.3 Å². The summed E-state index contributed by atoms with van der Waals surface area (Å²) >= 11 is 3.24. The van der Waals surface area contributed by atoms with Crippen LogP contribution in [-0.2, 0) is 16.1 Å². The van der Waals surface area contributed by atoms with Crippen LogP contribution in [0.1, 0.15) is 25.3 Å². The number of esters is 1. The molecule has 0 atom stereocenters. The quantitative estimate of drug-likeness (QED) is 0.339. The summed E-state index contributed by atoms with van der Waals surface area (Å²) < 4.78 is 5.31. The summed E-state index contributed by atoms with van der Waals surface area (Å²) in [5.41, 5.74) is 0.867.